The lowest BCUT2D eigenvalue weighted by atomic mass is 9.41. The van der Waals surface area contributed by atoms with Crippen LogP contribution < -0.4 is 4.74 Å². The second-order valence-electron chi connectivity index (χ2n) is 14.0. The van der Waals surface area contributed by atoms with Crippen molar-refractivity contribution in [2.75, 3.05) is 7.11 Å². The Bertz CT molecular complexity index is 1080. The number of allylic oxidation sites excluding steroid dienone is 1. The number of carbonyl (C=O) groups is 1. The molecule has 0 amide bonds. The molecule has 1 aromatic rings. The number of methoxy groups -OCH3 is 1. The largest absolute Gasteiger partial charge is 0.497 e. The molecule has 4 unspecified atom stereocenters. The van der Waals surface area contributed by atoms with Crippen molar-refractivity contribution < 1.29 is 24.9 Å². The maximum Gasteiger partial charge on any atom is 0.336 e. The van der Waals surface area contributed by atoms with Gasteiger partial charge < -0.3 is 20.1 Å². The van der Waals surface area contributed by atoms with E-state index >= 15 is 0 Å². The van der Waals surface area contributed by atoms with E-state index in [9.17, 15) is 20.1 Å². The van der Waals surface area contributed by atoms with Gasteiger partial charge in [0.1, 0.15) is 5.75 Å². The number of rotatable bonds is 7. The van der Waals surface area contributed by atoms with Crippen molar-refractivity contribution in [3.8, 4) is 5.75 Å². The van der Waals surface area contributed by atoms with Gasteiger partial charge in [0.25, 0.3) is 0 Å². The minimum Gasteiger partial charge on any atom is -0.497 e. The van der Waals surface area contributed by atoms with Crippen LogP contribution in [0.3, 0.4) is 0 Å². The van der Waals surface area contributed by atoms with E-state index < -0.39 is 5.97 Å². The Kier molecular flexibility index (Phi) is 7.98. The van der Waals surface area contributed by atoms with E-state index in [4.69, 9.17) is 4.74 Å². The van der Waals surface area contributed by atoms with Gasteiger partial charge >= 0.3 is 5.97 Å². The summed E-state index contributed by atoms with van der Waals surface area (Å²) in [5, 5.41) is 32.1. The quantitative estimate of drug-likeness (QED) is 0.346. The van der Waals surface area contributed by atoms with E-state index in [2.05, 4.69) is 33.8 Å². The van der Waals surface area contributed by atoms with Crippen LogP contribution in [0.1, 0.15) is 101 Å². The second-order valence-corrected chi connectivity index (χ2v) is 14.0. The van der Waals surface area contributed by atoms with Gasteiger partial charge in [-0.3, -0.25) is 0 Å². The van der Waals surface area contributed by atoms with Crippen molar-refractivity contribution >= 4 is 12.0 Å². The molecular weight excluding hydrogens is 488 g/mol. The molecule has 4 aliphatic rings. The zero-order valence-corrected chi connectivity index (χ0v) is 24.6. The zero-order chi connectivity index (χ0) is 28.1. The smallest absolute Gasteiger partial charge is 0.336 e. The first-order valence-electron chi connectivity index (χ1n) is 15.5. The molecule has 5 rings (SSSR count). The number of carboxylic acids is 1. The summed E-state index contributed by atoms with van der Waals surface area (Å²) in [5.74, 6) is 2.93. The highest BCUT2D eigenvalue weighted by atomic mass is 16.5. The van der Waals surface area contributed by atoms with Crippen molar-refractivity contribution in [2.45, 2.75) is 97.7 Å². The molecular formula is C34H50O5. The Morgan fingerprint density at radius 3 is 2.49 bits per heavy atom. The lowest BCUT2D eigenvalue weighted by molar-refractivity contribution is -0.203. The number of fused-ring (bicyclic) bond motifs is 5. The molecule has 0 radical (unpaired) electrons. The molecule has 0 aliphatic heterocycles. The van der Waals surface area contributed by atoms with Crippen molar-refractivity contribution in [1.82, 2.24) is 0 Å². The van der Waals surface area contributed by atoms with E-state index in [0.717, 1.165) is 32.1 Å². The Morgan fingerprint density at radius 1 is 1.08 bits per heavy atom. The number of carboxylic acid groups (broad SMARTS) is 1. The summed E-state index contributed by atoms with van der Waals surface area (Å²) < 4.78 is 5.21. The summed E-state index contributed by atoms with van der Waals surface area (Å²) in [6, 6.07) is 5.22. The van der Waals surface area contributed by atoms with Crippen LogP contribution in [-0.2, 0) is 0 Å². The van der Waals surface area contributed by atoms with Crippen molar-refractivity contribution in [1.29, 1.82) is 0 Å². The Labute approximate surface area is 235 Å². The molecule has 11 atom stereocenters. The number of benzene rings is 1. The Morgan fingerprint density at radius 2 is 1.79 bits per heavy atom. The summed E-state index contributed by atoms with van der Waals surface area (Å²) >= 11 is 0. The third-order valence-corrected chi connectivity index (χ3v) is 12.4. The number of aliphatic hydroxyl groups excluding tert-OH is 2. The number of aliphatic hydroxyl groups is 2. The molecule has 0 aromatic heterocycles. The van der Waals surface area contributed by atoms with Crippen molar-refractivity contribution in [3.63, 3.8) is 0 Å². The first-order valence-corrected chi connectivity index (χ1v) is 15.5. The molecule has 0 spiro atoms. The van der Waals surface area contributed by atoms with E-state index in [-0.39, 0.29) is 28.6 Å². The fourth-order valence-electron chi connectivity index (χ4n) is 10.5. The Hall–Kier alpha value is -1.85. The fourth-order valence-corrected chi connectivity index (χ4v) is 10.5. The predicted molar refractivity (Wildman–Crippen MR) is 155 cm³/mol. The normalized spacial score (nSPS) is 42.4. The maximum atomic E-state index is 11.9. The highest BCUT2D eigenvalue weighted by Gasteiger charge is 2.64. The molecule has 5 nitrogen and oxygen atoms in total. The maximum absolute atomic E-state index is 11.9. The minimum absolute atomic E-state index is 0.205. The minimum atomic E-state index is -0.940. The van der Waals surface area contributed by atoms with Gasteiger partial charge in [0, 0.05) is 0 Å². The van der Waals surface area contributed by atoms with E-state index in [1.165, 1.54) is 25.7 Å². The van der Waals surface area contributed by atoms with Crippen LogP contribution in [0, 0.1) is 52.3 Å². The average molecular weight is 539 g/mol. The first kappa shape index (κ1) is 28.7. The van der Waals surface area contributed by atoms with Gasteiger partial charge in [-0.2, -0.15) is 0 Å². The number of hydrogen-bond donors (Lipinski definition) is 3. The van der Waals surface area contributed by atoms with Crippen molar-refractivity contribution in [3.05, 3.63) is 35.4 Å². The molecule has 5 heteroatoms. The molecule has 4 aliphatic carbocycles. The third kappa shape index (κ3) is 4.76. The summed E-state index contributed by atoms with van der Waals surface area (Å²) in [5.41, 5.74) is 1.45. The fraction of sp³-hybridized carbons (Fsp3) is 0.735. The lowest BCUT2D eigenvalue weighted by Crippen LogP contribution is -2.62. The van der Waals surface area contributed by atoms with Gasteiger partial charge in [-0.05, 0) is 121 Å². The predicted octanol–water partition coefficient (Wildman–Crippen LogP) is 7.06. The van der Waals surface area contributed by atoms with Crippen LogP contribution in [-0.4, -0.2) is 40.6 Å². The first-order chi connectivity index (χ1) is 18.5. The van der Waals surface area contributed by atoms with Crippen LogP contribution in [0.25, 0.3) is 6.08 Å². The van der Waals surface area contributed by atoms with Crippen LogP contribution in [0.15, 0.2) is 24.3 Å². The average Bonchev–Trinajstić information content (AvgIpc) is 3.27. The Balaban J connectivity index is 1.33. The standard InChI is InChI=1S/C34H50O5/c1-6-24-29-18-22(35)14-16-34(29,4)28-15-17-33(3)26(12-13-27(33)30(28)31(24)36)20(2)8-7-9-21-10-11-23(39-5)19-25(21)32(37)38/h7,9-11,19-20,22,24,26-31,35-36H,6,8,12-18H2,1-5H3,(H,37,38)/b9-7+/t20-,22-,24-,26?,27?,28?,29+,30?,31-,33-,34-/m1/s1. The highest BCUT2D eigenvalue weighted by molar-refractivity contribution is 5.92. The molecule has 3 N–H and O–H groups in total. The monoisotopic (exact) mass is 538 g/mol. The summed E-state index contributed by atoms with van der Waals surface area (Å²) in [6.45, 7) is 9.63. The summed E-state index contributed by atoms with van der Waals surface area (Å²) in [4.78, 5) is 11.8. The molecule has 4 fully saturated rings. The summed E-state index contributed by atoms with van der Waals surface area (Å²) in [6.07, 6.45) is 13.3. The summed E-state index contributed by atoms with van der Waals surface area (Å²) in [7, 11) is 1.55. The molecule has 0 bridgehead atoms. The van der Waals surface area contributed by atoms with E-state index in [1.807, 2.05) is 18.2 Å². The van der Waals surface area contributed by atoms with Gasteiger partial charge in [0.15, 0.2) is 0 Å². The third-order valence-electron chi connectivity index (χ3n) is 12.4. The van der Waals surface area contributed by atoms with Crippen LogP contribution in [0.4, 0.5) is 0 Å². The number of aromatic carboxylic acids is 1. The van der Waals surface area contributed by atoms with Crippen molar-refractivity contribution in [2.24, 2.45) is 52.3 Å². The zero-order valence-electron chi connectivity index (χ0n) is 24.6. The molecule has 216 valence electrons. The molecule has 39 heavy (non-hydrogen) atoms. The van der Waals surface area contributed by atoms with Gasteiger partial charge in [-0.25, -0.2) is 4.79 Å². The van der Waals surface area contributed by atoms with Crippen LogP contribution in [0.5, 0.6) is 5.75 Å². The van der Waals surface area contributed by atoms with E-state index in [0.29, 0.717) is 52.7 Å². The molecule has 1 aromatic carbocycles. The number of hydrogen-bond acceptors (Lipinski definition) is 4. The SMILES string of the molecule is CC[C@H]1[C@@H](O)C2C3CCC([C@H](C)C/C=C/c4ccc(OC)cc4C(=O)O)[C@@]3(C)CCC2[C@@]2(C)CC[C@@H](O)C[C@@H]12. The van der Waals surface area contributed by atoms with E-state index in [1.54, 1.807) is 13.2 Å². The van der Waals surface area contributed by atoms with Gasteiger partial charge in [0.05, 0.1) is 24.9 Å². The highest BCUT2D eigenvalue weighted by Crippen LogP contribution is 2.69. The number of ether oxygens (including phenoxy) is 1. The molecule has 0 saturated heterocycles. The topological polar surface area (TPSA) is 87.0 Å². The van der Waals surface area contributed by atoms with Gasteiger partial charge in [-0.15, -0.1) is 0 Å². The lowest BCUT2D eigenvalue weighted by Gasteiger charge is -2.64. The molecule has 0 heterocycles. The van der Waals surface area contributed by atoms with Crippen LogP contribution >= 0.6 is 0 Å². The van der Waals surface area contributed by atoms with Gasteiger partial charge in [0.2, 0.25) is 0 Å². The van der Waals surface area contributed by atoms with Crippen LogP contribution in [0.2, 0.25) is 0 Å². The second kappa shape index (κ2) is 10.9. The molecule has 4 saturated carbocycles. The van der Waals surface area contributed by atoms with Gasteiger partial charge in [-0.1, -0.05) is 52.3 Å².